The number of benzene rings is 2. The number of aryl methyl sites for hydroxylation is 1. The van der Waals surface area contributed by atoms with Crippen molar-refractivity contribution < 1.29 is 35.9 Å². The van der Waals surface area contributed by atoms with Crippen LogP contribution in [-0.2, 0) is 19.3 Å². The van der Waals surface area contributed by atoms with Crippen molar-refractivity contribution in [2.24, 2.45) is 5.73 Å². The van der Waals surface area contributed by atoms with Crippen molar-refractivity contribution >= 4 is 16.8 Å². The van der Waals surface area contributed by atoms with Crippen LogP contribution in [-0.4, -0.2) is 23.0 Å². The normalized spacial score (nSPS) is 11.7. The van der Waals surface area contributed by atoms with E-state index in [4.69, 9.17) is 14.9 Å². The van der Waals surface area contributed by atoms with Crippen LogP contribution in [0.5, 0.6) is 5.75 Å². The number of fused-ring (bicyclic) bond motifs is 1. The molecule has 0 fully saturated rings. The van der Waals surface area contributed by atoms with Crippen LogP contribution in [0.25, 0.3) is 22.4 Å². The first-order chi connectivity index (χ1) is 17.0. The number of carbonyl (C=O) groups excluding carboxylic acids is 1. The Morgan fingerprint density at radius 3 is 2.50 bits per heavy atom. The third-order valence-corrected chi connectivity index (χ3v) is 5.45. The number of ether oxygens (including phenoxy) is 1. The monoisotopic (exact) mass is 506 g/mol. The molecule has 1 amide bonds. The second-order valence-electron chi connectivity index (χ2n) is 7.75. The lowest BCUT2D eigenvalue weighted by Gasteiger charge is -2.11. The van der Waals surface area contributed by atoms with Gasteiger partial charge in [0, 0.05) is 23.1 Å². The highest BCUT2D eigenvalue weighted by atomic mass is 19.4. The number of amides is 1. The van der Waals surface area contributed by atoms with E-state index in [2.05, 4.69) is 15.3 Å². The molecule has 188 valence electrons. The van der Waals surface area contributed by atoms with Gasteiger partial charge in [0.15, 0.2) is 23.1 Å². The number of hydrogen-bond donors (Lipinski definition) is 2. The Kier molecular flexibility index (Phi) is 6.63. The average Bonchev–Trinajstić information content (AvgIpc) is 3.29. The molecule has 3 N–H and O–H groups in total. The van der Waals surface area contributed by atoms with E-state index in [-0.39, 0.29) is 63.8 Å². The highest BCUT2D eigenvalue weighted by molar-refractivity contribution is 5.98. The van der Waals surface area contributed by atoms with Crippen LogP contribution < -0.4 is 15.8 Å². The maximum Gasteiger partial charge on any atom is 0.433 e. The number of alkyl halides is 3. The van der Waals surface area contributed by atoms with Gasteiger partial charge in [-0.05, 0) is 36.8 Å². The minimum atomic E-state index is -4.67. The molecular weight excluding hydrogens is 487 g/mol. The SMILES string of the molecule is COc1ccc(-c2nc(C(=O)NCc3ccc(C)c(F)c3F)c(CN)o2)c2ccc(C(F)(F)F)nc12. The summed E-state index contributed by atoms with van der Waals surface area (Å²) in [5.74, 6) is -2.87. The topological polar surface area (TPSA) is 103 Å². The van der Waals surface area contributed by atoms with Gasteiger partial charge in [-0.3, -0.25) is 4.79 Å². The highest BCUT2D eigenvalue weighted by Gasteiger charge is 2.33. The smallest absolute Gasteiger partial charge is 0.433 e. The summed E-state index contributed by atoms with van der Waals surface area (Å²) in [6, 6.07) is 7.62. The lowest BCUT2D eigenvalue weighted by atomic mass is 10.1. The Morgan fingerprint density at radius 1 is 1.08 bits per heavy atom. The molecule has 7 nitrogen and oxygen atoms in total. The summed E-state index contributed by atoms with van der Waals surface area (Å²) in [4.78, 5) is 20.6. The Labute approximate surface area is 201 Å². The van der Waals surface area contributed by atoms with Gasteiger partial charge in [-0.15, -0.1) is 0 Å². The Morgan fingerprint density at radius 2 is 1.83 bits per heavy atom. The standard InChI is InChI=1S/C24H19F5N4O3/c1-11-3-4-12(19(26)18(11)25)10-31-22(34)21-16(9-30)36-23(33-21)14-5-7-15(35-2)20-13(14)6-8-17(32-20)24(27,28)29/h3-8H,9-10,30H2,1-2H3,(H,31,34). The van der Waals surface area contributed by atoms with Crippen molar-refractivity contribution in [1.29, 1.82) is 0 Å². The van der Waals surface area contributed by atoms with Crippen molar-refractivity contribution in [3.05, 3.63) is 76.3 Å². The lowest BCUT2D eigenvalue weighted by molar-refractivity contribution is -0.140. The van der Waals surface area contributed by atoms with E-state index in [0.29, 0.717) is 0 Å². The first-order valence-corrected chi connectivity index (χ1v) is 10.5. The van der Waals surface area contributed by atoms with Gasteiger partial charge < -0.3 is 20.2 Å². The number of oxazole rings is 1. The maximum atomic E-state index is 14.1. The van der Waals surface area contributed by atoms with E-state index in [1.54, 1.807) is 0 Å². The van der Waals surface area contributed by atoms with E-state index in [9.17, 15) is 26.7 Å². The van der Waals surface area contributed by atoms with Crippen molar-refractivity contribution in [2.45, 2.75) is 26.2 Å². The van der Waals surface area contributed by atoms with E-state index in [1.165, 1.54) is 44.4 Å². The average molecular weight is 506 g/mol. The molecule has 2 aromatic carbocycles. The fourth-order valence-corrected chi connectivity index (χ4v) is 3.57. The zero-order chi connectivity index (χ0) is 26.2. The molecule has 0 saturated carbocycles. The summed E-state index contributed by atoms with van der Waals surface area (Å²) in [5.41, 5.74) is 4.59. The maximum absolute atomic E-state index is 14.1. The van der Waals surface area contributed by atoms with Crippen LogP contribution in [0.4, 0.5) is 22.0 Å². The fraction of sp³-hybridized carbons (Fsp3) is 0.208. The summed E-state index contributed by atoms with van der Waals surface area (Å²) >= 11 is 0. The van der Waals surface area contributed by atoms with Gasteiger partial charge in [0.1, 0.15) is 17.0 Å². The van der Waals surface area contributed by atoms with Gasteiger partial charge in [-0.2, -0.15) is 13.2 Å². The third kappa shape index (κ3) is 4.59. The molecule has 0 aliphatic heterocycles. The van der Waals surface area contributed by atoms with Gasteiger partial charge in [-0.25, -0.2) is 18.7 Å². The predicted octanol–water partition coefficient (Wildman–Crippen LogP) is 4.89. The number of nitrogens with two attached hydrogens (primary N) is 1. The molecule has 2 heterocycles. The summed E-state index contributed by atoms with van der Waals surface area (Å²) in [6.45, 7) is 0.852. The first kappa shape index (κ1) is 25.0. The van der Waals surface area contributed by atoms with Gasteiger partial charge in [0.2, 0.25) is 5.89 Å². The molecule has 12 heteroatoms. The van der Waals surface area contributed by atoms with E-state index in [0.717, 1.165) is 6.07 Å². The Hall–Kier alpha value is -4.06. The fourth-order valence-electron chi connectivity index (χ4n) is 3.57. The zero-order valence-electron chi connectivity index (χ0n) is 19.0. The molecule has 0 aliphatic rings. The molecule has 0 saturated heterocycles. The van der Waals surface area contributed by atoms with Gasteiger partial charge in [0.05, 0.1) is 13.7 Å². The number of rotatable bonds is 6. The van der Waals surface area contributed by atoms with Gasteiger partial charge in [0.25, 0.3) is 5.91 Å². The molecule has 4 aromatic rings. The first-order valence-electron chi connectivity index (χ1n) is 10.5. The van der Waals surface area contributed by atoms with Crippen LogP contribution in [0, 0.1) is 18.6 Å². The number of nitrogens with one attached hydrogen (secondary N) is 1. The Bertz CT molecular complexity index is 1470. The summed E-state index contributed by atoms with van der Waals surface area (Å²) in [5, 5.41) is 2.67. The van der Waals surface area contributed by atoms with Crippen molar-refractivity contribution in [2.75, 3.05) is 7.11 Å². The number of hydrogen-bond acceptors (Lipinski definition) is 6. The number of halogens is 5. The molecule has 0 spiro atoms. The molecule has 4 rings (SSSR count). The van der Waals surface area contributed by atoms with E-state index >= 15 is 0 Å². The van der Waals surface area contributed by atoms with Crippen LogP contribution in [0.3, 0.4) is 0 Å². The summed E-state index contributed by atoms with van der Waals surface area (Å²) in [6.07, 6.45) is -4.67. The number of aromatic nitrogens is 2. The molecule has 0 atom stereocenters. The van der Waals surface area contributed by atoms with Crippen LogP contribution in [0.1, 0.15) is 33.1 Å². The van der Waals surface area contributed by atoms with Crippen LogP contribution >= 0.6 is 0 Å². The second-order valence-corrected chi connectivity index (χ2v) is 7.75. The van der Waals surface area contributed by atoms with Crippen molar-refractivity contribution in [1.82, 2.24) is 15.3 Å². The third-order valence-electron chi connectivity index (χ3n) is 5.45. The quantitative estimate of drug-likeness (QED) is 0.361. The summed E-state index contributed by atoms with van der Waals surface area (Å²) < 4.78 is 78.3. The number of nitrogens with zero attached hydrogens (tertiary/aromatic N) is 2. The highest BCUT2D eigenvalue weighted by Crippen LogP contribution is 2.37. The van der Waals surface area contributed by atoms with Gasteiger partial charge >= 0.3 is 6.18 Å². The van der Waals surface area contributed by atoms with E-state index in [1.807, 2.05) is 0 Å². The largest absolute Gasteiger partial charge is 0.494 e. The molecular formula is C24H19F5N4O3. The minimum Gasteiger partial charge on any atom is -0.494 e. The van der Waals surface area contributed by atoms with Crippen molar-refractivity contribution in [3.8, 4) is 17.2 Å². The van der Waals surface area contributed by atoms with E-state index < -0.39 is 29.4 Å². The molecule has 36 heavy (non-hydrogen) atoms. The zero-order valence-corrected chi connectivity index (χ0v) is 19.0. The number of methoxy groups -OCH3 is 1. The minimum absolute atomic E-state index is 0.0121. The predicted molar refractivity (Wildman–Crippen MR) is 119 cm³/mol. The van der Waals surface area contributed by atoms with Crippen LogP contribution in [0.2, 0.25) is 0 Å². The second kappa shape index (κ2) is 9.53. The summed E-state index contributed by atoms with van der Waals surface area (Å²) in [7, 11) is 1.29. The molecule has 0 bridgehead atoms. The van der Waals surface area contributed by atoms with Gasteiger partial charge in [-0.1, -0.05) is 12.1 Å². The molecule has 0 aliphatic carbocycles. The molecule has 2 aromatic heterocycles. The number of pyridine rings is 1. The molecule has 0 unspecified atom stereocenters. The Balaban J connectivity index is 1.70. The van der Waals surface area contributed by atoms with Crippen LogP contribution in [0.15, 0.2) is 40.8 Å². The molecule has 0 radical (unpaired) electrons. The number of carbonyl (C=O) groups is 1. The lowest BCUT2D eigenvalue weighted by Crippen LogP contribution is -2.25. The van der Waals surface area contributed by atoms with Crippen molar-refractivity contribution in [3.63, 3.8) is 0 Å².